The van der Waals surface area contributed by atoms with Crippen LogP contribution in [-0.4, -0.2) is 5.11 Å². The summed E-state index contributed by atoms with van der Waals surface area (Å²) >= 11 is 6.57. The zero-order valence-electron chi connectivity index (χ0n) is 6.61. The van der Waals surface area contributed by atoms with Gasteiger partial charge in [0.15, 0.2) is 0 Å². The molecule has 2 aromatic rings. The van der Waals surface area contributed by atoms with Crippen LogP contribution in [0.5, 0.6) is 0 Å². The van der Waals surface area contributed by atoms with Crippen molar-refractivity contribution in [1.82, 2.24) is 0 Å². The van der Waals surface area contributed by atoms with Gasteiger partial charge in [0.05, 0.1) is 4.88 Å². The first kappa shape index (κ1) is 9.40. The molecule has 0 aromatic carbocycles. The fraction of sp³-hybridized carbons (Fsp3) is 0.111. The van der Waals surface area contributed by atoms with Gasteiger partial charge in [-0.2, -0.15) is 11.3 Å². The Morgan fingerprint density at radius 3 is 2.69 bits per heavy atom. The predicted octanol–water partition coefficient (Wildman–Crippen LogP) is 3.65. The molecule has 4 heteroatoms. The number of halogens is 1. The van der Waals surface area contributed by atoms with E-state index in [1.807, 2.05) is 28.3 Å². The molecule has 68 valence electrons. The topological polar surface area (TPSA) is 20.2 Å². The van der Waals surface area contributed by atoms with Crippen molar-refractivity contribution in [3.05, 3.63) is 43.2 Å². The molecule has 1 N–H and O–H groups in total. The van der Waals surface area contributed by atoms with Gasteiger partial charge in [-0.1, -0.05) is 0 Å². The molecule has 2 heterocycles. The van der Waals surface area contributed by atoms with Crippen molar-refractivity contribution in [1.29, 1.82) is 0 Å². The third kappa shape index (κ3) is 1.86. The summed E-state index contributed by atoms with van der Waals surface area (Å²) in [6, 6.07) is 3.90. The average molecular weight is 275 g/mol. The van der Waals surface area contributed by atoms with Gasteiger partial charge in [0.25, 0.3) is 0 Å². The Morgan fingerprint density at radius 2 is 2.15 bits per heavy atom. The highest BCUT2D eigenvalue weighted by Gasteiger charge is 2.14. The lowest BCUT2D eigenvalue weighted by Gasteiger charge is -2.06. The van der Waals surface area contributed by atoms with Gasteiger partial charge < -0.3 is 5.11 Å². The van der Waals surface area contributed by atoms with E-state index in [2.05, 4.69) is 15.9 Å². The van der Waals surface area contributed by atoms with E-state index in [9.17, 15) is 5.11 Å². The Kier molecular flexibility index (Phi) is 2.83. The van der Waals surface area contributed by atoms with Gasteiger partial charge in [-0.15, -0.1) is 11.3 Å². The van der Waals surface area contributed by atoms with Crippen molar-refractivity contribution in [2.24, 2.45) is 0 Å². The van der Waals surface area contributed by atoms with Gasteiger partial charge in [-0.3, -0.25) is 0 Å². The molecule has 13 heavy (non-hydrogen) atoms. The molecule has 0 fully saturated rings. The van der Waals surface area contributed by atoms with Crippen LogP contribution in [0, 0.1) is 0 Å². The maximum Gasteiger partial charge on any atom is 0.115 e. The fourth-order valence-corrected chi connectivity index (χ4v) is 3.36. The van der Waals surface area contributed by atoms with Crippen LogP contribution < -0.4 is 0 Å². The van der Waals surface area contributed by atoms with Crippen LogP contribution in [-0.2, 0) is 0 Å². The second kappa shape index (κ2) is 3.92. The quantitative estimate of drug-likeness (QED) is 0.887. The maximum absolute atomic E-state index is 9.94. The van der Waals surface area contributed by atoms with Gasteiger partial charge in [0.2, 0.25) is 0 Å². The summed E-state index contributed by atoms with van der Waals surface area (Å²) < 4.78 is 0.983. The van der Waals surface area contributed by atoms with Crippen LogP contribution in [0.1, 0.15) is 16.5 Å². The van der Waals surface area contributed by atoms with Crippen molar-refractivity contribution >= 4 is 38.6 Å². The first-order valence-corrected chi connectivity index (χ1v) is 6.33. The Labute approximate surface area is 92.8 Å². The molecule has 1 atom stereocenters. The Bertz CT molecular complexity index is 380. The SMILES string of the molecule is O[C@H](c1ccsc1)c1sccc1Br. The number of aliphatic hydroxyl groups is 1. The van der Waals surface area contributed by atoms with E-state index in [1.54, 1.807) is 22.7 Å². The number of aliphatic hydroxyl groups excluding tert-OH is 1. The van der Waals surface area contributed by atoms with E-state index in [0.717, 1.165) is 14.9 Å². The Morgan fingerprint density at radius 1 is 1.31 bits per heavy atom. The van der Waals surface area contributed by atoms with E-state index < -0.39 is 6.10 Å². The minimum absolute atomic E-state index is 0.486. The monoisotopic (exact) mass is 274 g/mol. The molecule has 0 saturated carbocycles. The Hall–Kier alpha value is -0.160. The molecule has 0 aliphatic carbocycles. The van der Waals surface area contributed by atoms with Crippen LogP contribution in [0.2, 0.25) is 0 Å². The second-order valence-corrected chi connectivity index (χ2v) is 5.17. The highest BCUT2D eigenvalue weighted by atomic mass is 79.9. The summed E-state index contributed by atoms with van der Waals surface area (Å²) in [4.78, 5) is 0.971. The second-order valence-electron chi connectivity index (χ2n) is 2.59. The number of thiophene rings is 2. The van der Waals surface area contributed by atoms with Crippen molar-refractivity contribution < 1.29 is 5.11 Å². The number of hydrogen-bond donors (Lipinski definition) is 1. The molecule has 2 aromatic heterocycles. The van der Waals surface area contributed by atoms with Gasteiger partial charge in [0, 0.05) is 4.47 Å². The van der Waals surface area contributed by atoms with Crippen molar-refractivity contribution in [2.45, 2.75) is 6.10 Å². The van der Waals surface area contributed by atoms with E-state index >= 15 is 0 Å². The molecule has 0 radical (unpaired) electrons. The molecule has 0 bridgehead atoms. The highest BCUT2D eigenvalue weighted by molar-refractivity contribution is 9.10. The lowest BCUT2D eigenvalue weighted by atomic mass is 10.2. The normalized spacial score (nSPS) is 13.1. The lowest BCUT2D eigenvalue weighted by molar-refractivity contribution is 0.224. The standard InChI is InChI=1S/C9H7BrOS2/c10-7-2-4-13-9(7)8(11)6-1-3-12-5-6/h1-5,8,11H/t8-/m1/s1. The molecule has 2 rings (SSSR count). The predicted molar refractivity (Wildman–Crippen MR) is 60.4 cm³/mol. The molecule has 0 saturated heterocycles. The van der Waals surface area contributed by atoms with E-state index in [1.165, 1.54) is 0 Å². The van der Waals surface area contributed by atoms with Gasteiger partial charge >= 0.3 is 0 Å². The summed E-state index contributed by atoms with van der Waals surface area (Å²) in [6.45, 7) is 0. The van der Waals surface area contributed by atoms with Gasteiger partial charge in [0.1, 0.15) is 6.10 Å². The summed E-state index contributed by atoms with van der Waals surface area (Å²) in [5.74, 6) is 0. The van der Waals surface area contributed by atoms with Crippen LogP contribution in [0.4, 0.5) is 0 Å². The molecular weight excluding hydrogens is 268 g/mol. The fourth-order valence-electron chi connectivity index (χ4n) is 1.08. The maximum atomic E-state index is 9.94. The van der Waals surface area contributed by atoms with Crippen molar-refractivity contribution in [2.75, 3.05) is 0 Å². The Balaban J connectivity index is 2.33. The van der Waals surface area contributed by atoms with Crippen LogP contribution >= 0.6 is 38.6 Å². The summed E-state index contributed by atoms with van der Waals surface area (Å²) in [5, 5.41) is 15.8. The highest BCUT2D eigenvalue weighted by Crippen LogP contribution is 2.33. The van der Waals surface area contributed by atoms with Crippen LogP contribution in [0.25, 0.3) is 0 Å². The first-order chi connectivity index (χ1) is 6.29. The molecule has 1 nitrogen and oxygen atoms in total. The smallest absolute Gasteiger partial charge is 0.115 e. The number of rotatable bonds is 2. The van der Waals surface area contributed by atoms with E-state index in [4.69, 9.17) is 0 Å². The molecule has 0 amide bonds. The minimum Gasteiger partial charge on any atom is -0.383 e. The van der Waals surface area contributed by atoms with Crippen molar-refractivity contribution in [3.63, 3.8) is 0 Å². The molecular formula is C9H7BrOS2. The largest absolute Gasteiger partial charge is 0.383 e. The van der Waals surface area contributed by atoms with E-state index in [0.29, 0.717) is 0 Å². The van der Waals surface area contributed by atoms with Crippen molar-refractivity contribution in [3.8, 4) is 0 Å². The molecule has 0 aliphatic heterocycles. The third-order valence-electron chi connectivity index (χ3n) is 1.75. The molecule has 0 unspecified atom stereocenters. The summed E-state index contributed by atoms with van der Waals surface area (Å²) in [6.07, 6.45) is -0.486. The molecule has 0 spiro atoms. The minimum atomic E-state index is -0.486. The lowest BCUT2D eigenvalue weighted by Crippen LogP contribution is -1.94. The number of hydrogen-bond acceptors (Lipinski definition) is 3. The first-order valence-electron chi connectivity index (χ1n) is 3.72. The van der Waals surface area contributed by atoms with Gasteiger partial charge in [-0.25, -0.2) is 0 Å². The zero-order valence-corrected chi connectivity index (χ0v) is 9.82. The van der Waals surface area contributed by atoms with Gasteiger partial charge in [-0.05, 0) is 49.8 Å². The van der Waals surface area contributed by atoms with E-state index in [-0.39, 0.29) is 0 Å². The summed E-state index contributed by atoms with van der Waals surface area (Å²) in [5.41, 5.74) is 0.966. The average Bonchev–Trinajstić information content (AvgIpc) is 2.72. The van der Waals surface area contributed by atoms with Crippen LogP contribution in [0.15, 0.2) is 32.7 Å². The molecule has 0 aliphatic rings. The third-order valence-corrected chi connectivity index (χ3v) is 4.38. The summed E-state index contributed by atoms with van der Waals surface area (Å²) in [7, 11) is 0. The van der Waals surface area contributed by atoms with Crippen LogP contribution in [0.3, 0.4) is 0 Å². The zero-order chi connectivity index (χ0) is 9.26.